The summed E-state index contributed by atoms with van der Waals surface area (Å²) in [7, 11) is 0. The van der Waals surface area contributed by atoms with Crippen LogP contribution >= 0.6 is 11.3 Å². The van der Waals surface area contributed by atoms with Crippen molar-refractivity contribution in [2.75, 3.05) is 0 Å². The smallest absolute Gasteiger partial charge is 0.220 e. The monoisotopic (exact) mass is 358 g/mol. The van der Waals surface area contributed by atoms with Gasteiger partial charge in [-0.3, -0.25) is 9.20 Å². The number of nitrogens with one attached hydrogen (secondary N) is 2. The quantitative estimate of drug-likeness (QED) is 0.754. The average Bonchev–Trinajstić information content (AvgIpc) is 3.15. The Hall–Kier alpha value is -2.25. The van der Waals surface area contributed by atoms with Crippen molar-refractivity contribution in [2.45, 2.75) is 38.4 Å². The summed E-state index contributed by atoms with van der Waals surface area (Å²) >= 11 is 1.60. The van der Waals surface area contributed by atoms with Crippen molar-refractivity contribution in [1.29, 1.82) is 0 Å². The molecule has 1 amide bonds. The third-order valence-corrected chi connectivity index (χ3v) is 5.49. The molecule has 0 spiro atoms. The third-order valence-electron chi connectivity index (χ3n) is 4.73. The number of piperidine rings is 1. The Morgan fingerprint density at radius 3 is 3.12 bits per heavy atom. The number of fused-ring (bicyclic) bond motifs is 1. The van der Waals surface area contributed by atoms with E-state index >= 15 is 0 Å². The second-order valence-corrected chi connectivity index (χ2v) is 7.17. The lowest BCUT2D eigenvalue weighted by atomic mass is 9.91. The highest BCUT2D eigenvalue weighted by atomic mass is 32.1. The van der Waals surface area contributed by atoms with E-state index in [9.17, 15) is 9.18 Å². The highest BCUT2D eigenvalue weighted by molar-refractivity contribution is 7.15. The molecule has 0 saturated carbocycles. The van der Waals surface area contributed by atoms with Gasteiger partial charge in [-0.25, -0.2) is 9.37 Å². The molecule has 1 aromatic carbocycles. The van der Waals surface area contributed by atoms with Crippen LogP contribution in [0.3, 0.4) is 0 Å². The highest BCUT2D eigenvalue weighted by Gasteiger charge is 2.31. The molecule has 25 heavy (non-hydrogen) atoms. The number of halogens is 1. The number of benzene rings is 1. The molecule has 4 rings (SSSR count). The number of hydrogen-bond donors (Lipinski definition) is 2. The Kier molecular flexibility index (Phi) is 4.27. The van der Waals surface area contributed by atoms with Gasteiger partial charge >= 0.3 is 0 Å². The molecular weight excluding hydrogens is 339 g/mol. The van der Waals surface area contributed by atoms with E-state index in [1.165, 1.54) is 6.07 Å². The van der Waals surface area contributed by atoms with Crippen LogP contribution in [0.15, 0.2) is 35.8 Å². The molecule has 1 saturated heterocycles. The first kappa shape index (κ1) is 16.2. The summed E-state index contributed by atoms with van der Waals surface area (Å²) in [5.74, 6) is -0.325. The van der Waals surface area contributed by atoms with E-state index < -0.39 is 0 Å². The van der Waals surface area contributed by atoms with Crippen molar-refractivity contribution in [3.8, 4) is 0 Å². The number of amides is 1. The zero-order chi connectivity index (χ0) is 17.4. The molecule has 3 aromatic rings. The largest absolute Gasteiger partial charge is 0.348 e. The van der Waals surface area contributed by atoms with Crippen molar-refractivity contribution in [2.24, 2.45) is 0 Å². The van der Waals surface area contributed by atoms with E-state index in [0.29, 0.717) is 24.9 Å². The Morgan fingerprint density at radius 2 is 2.28 bits per heavy atom. The van der Waals surface area contributed by atoms with E-state index in [2.05, 4.69) is 20.0 Å². The van der Waals surface area contributed by atoms with Crippen LogP contribution in [0.4, 0.5) is 4.39 Å². The van der Waals surface area contributed by atoms with E-state index in [4.69, 9.17) is 0 Å². The molecule has 1 aliphatic rings. The van der Waals surface area contributed by atoms with Gasteiger partial charge in [0.15, 0.2) is 4.96 Å². The van der Waals surface area contributed by atoms with Gasteiger partial charge in [-0.2, -0.15) is 0 Å². The second kappa shape index (κ2) is 6.57. The summed E-state index contributed by atoms with van der Waals surface area (Å²) in [5.41, 5.74) is 2.61. The fraction of sp³-hybridized carbons (Fsp3) is 0.333. The minimum absolute atomic E-state index is 0.0295. The average molecular weight is 358 g/mol. The molecule has 130 valence electrons. The molecule has 1 fully saturated rings. The van der Waals surface area contributed by atoms with Gasteiger partial charge in [-0.05, 0) is 19.4 Å². The number of thiazole rings is 1. The first-order valence-electron chi connectivity index (χ1n) is 8.31. The lowest BCUT2D eigenvalue weighted by Gasteiger charge is -2.33. The number of carbonyl (C=O) groups excluding carboxylic acids is 1. The van der Waals surface area contributed by atoms with Crippen LogP contribution < -0.4 is 10.6 Å². The zero-order valence-electron chi connectivity index (χ0n) is 13.8. The molecule has 1 aliphatic heterocycles. The fourth-order valence-electron chi connectivity index (χ4n) is 3.42. The Balaban J connectivity index is 1.57. The lowest BCUT2D eigenvalue weighted by Crippen LogP contribution is -2.48. The SMILES string of the molecule is Cc1nc2sccn2c1CN[C@@H]1CCC(=O)N[C@H]1c1ccccc1F. The standard InChI is InChI=1S/C18H19FN4OS/c1-11-15(23-8-9-25-18(23)21-11)10-20-14-6-7-16(24)22-17(14)12-4-2-3-5-13(12)19/h2-5,8-9,14,17,20H,6-7,10H2,1H3,(H,22,24)/t14-,17+/m1/s1. The first-order valence-corrected chi connectivity index (χ1v) is 9.19. The molecule has 0 radical (unpaired) electrons. The number of aromatic nitrogens is 2. The maximum atomic E-state index is 14.2. The maximum absolute atomic E-state index is 14.2. The molecule has 2 N–H and O–H groups in total. The molecule has 0 unspecified atom stereocenters. The highest BCUT2D eigenvalue weighted by Crippen LogP contribution is 2.27. The minimum atomic E-state index is -0.367. The number of hydrogen-bond acceptors (Lipinski definition) is 4. The summed E-state index contributed by atoms with van der Waals surface area (Å²) < 4.78 is 16.3. The van der Waals surface area contributed by atoms with Gasteiger partial charge in [0.2, 0.25) is 5.91 Å². The van der Waals surface area contributed by atoms with Crippen molar-refractivity contribution in [1.82, 2.24) is 20.0 Å². The van der Waals surface area contributed by atoms with Crippen LogP contribution in [0.5, 0.6) is 0 Å². The maximum Gasteiger partial charge on any atom is 0.220 e. The minimum Gasteiger partial charge on any atom is -0.348 e. The van der Waals surface area contributed by atoms with Gasteiger partial charge in [-0.15, -0.1) is 11.3 Å². The van der Waals surface area contributed by atoms with Gasteiger partial charge in [-0.1, -0.05) is 18.2 Å². The molecule has 2 aromatic heterocycles. The Bertz CT molecular complexity index is 919. The predicted molar refractivity (Wildman–Crippen MR) is 95.0 cm³/mol. The first-order chi connectivity index (χ1) is 12.1. The lowest BCUT2D eigenvalue weighted by molar-refractivity contribution is -0.123. The normalized spacial score (nSPS) is 20.8. The summed E-state index contributed by atoms with van der Waals surface area (Å²) in [6, 6.07) is 6.23. The molecule has 5 nitrogen and oxygen atoms in total. The van der Waals surface area contributed by atoms with Crippen LogP contribution in [0, 0.1) is 12.7 Å². The van der Waals surface area contributed by atoms with Gasteiger partial charge in [0.05, 0.1) is 17.4 Å². The zero-order valence-corrected chi connectivity index (χ0v) is 14.6. The molecule has 0 bridgehead atoms. The number of imidazole rings is 1. The number of carbonyl (C=O) groups is 1. The number of nitrogens with zero attached hydrogens (tertiary/aromatic N) is 2. The third kappa shape index (κ3) is 3.05. The topological polar surface area (TPSA) is 58.4 Å². The van der Waals surface area contributed by atoms with Crippen molar-refractivity contribution >= 4 is 22.2 Å². The van der Waals surface area contributed by atoms with E-state index in [-0.39, 0.29) is 23.8 Å². The van der Waals surface area contributed by atoms with Crippen LogP contribution in [-0.4, -0.2) is 21.3 Å². The Labute approximate surface area is 148 Å². The summed E-state index contributed by atoms with van der Waals surface area (Å²) in [6.07, 6.45) is 3.13. The van der Waals surface area contributed by atoms with E-state index in [0.717, 1.165) is 16.3 Å². The van der Waals surface area contributed by atoms with Crippen molar-refractivity contribution < 1.29 is 9.18 Å². The van der Waals surface area contributed by atoms with E-state index in [1.54, 1.807) is 29.5 Å². The summed E-state index contributed by atoms with van der Waals surface area (Å²) in [4.78, 5) is 17.4. The Morgan fingerprint density at radius 1 is 1.44 bits per heavy atom. The predicted octanol–water partition coefficient (Wildman–Crippen LogP) is 2.95. The summed E-state index contributed by atoms with van der Waals surface area (Å²) in [6.45, 7) is 2.61. The van der Waals surface area contributed by atoms with Crippen LogP contribution in [0.25, 0.3) is 4.96 Å². The molecule has 7 heteroatoms. The van der Waals surface area contributed by atoms with Crippen molar-refractivity contribution in [3.05, 3.63) is 58.6 Å². The molecule has 2 atom stereocenters. The molecular formula is C18H19FN4OS. The number of aryl methyl sites for hydroxylation is 1. The van der Waals surface area contributed by atoms with E-state index in [1.807, 2.05) is 18.5 Å². The number of rotatable bonds is 4. The van der Waals surface area contributed by atoms with Gasteiger partial charge in [0, 0.05) is 36.1 Å². The summed E-state index contributed by atoms with van der Waals surface area (Å²) in [5, 5.41) is 8.45. The van der Waals surface area contributed by atoms with Crippen LogP contribution in [0.1, 0.15) is 35.8 Å². The van der Waals surface area contributed by atoms with Crippen molar-refractivity contribution in [3.63, 3.8) is 0 Å². The van der Waals surface area contributed by atoms with Gasteiger partial charge in [0.25, 0.3) is 0 Å². The molecule has 0 aliphatic carbocycles. The second-order valence-electron chi connectivity index (χ2n) is 6.29. The van der Waals surface area contributed by atoms with Gasteiger partial charge in [0.1, 0.15) is 5.82 Å². The van der Waals surface area contributed by atoms with Crippen LogP contribution in [0.2, 0.25) is 0 Å². The van der Waals surface area contributed by atoms with Crippen LogP contribution in [-0.2, 0) is 11.3 Å². The fourth-order valence-corrected chi connectivity index (χ4v) is 4.20. The molecule has 3 heterocycles. The van der Waals surface area contributed by atoms with Gasteiger partial charge < -0.3 is 10.6 Å².